The number of carboxylic acids is 1. The van der Waals surface area contributed by atoms with Crippen molar-refractivity contribution in [2.75, 3.05) is 112 Å². The third-order valence-electron chi connectivity index (χ3n) is 8.29. The predicted molar refractivity (Wildman–Crippen MR) is 200 cm³/mol. The van der Waals surface area contributed by atoms with Gasteiger partial charge in [-0.3, -0.25) is 29.1 Å². The number of nitrogens with zero attached hydrogens (tertiary/aromatic N) is 3. The Morgan fingerprint density at radius 2 is 1.04 bits per heavy atom. The standard InChI is InChI=1S/C38H61N5O10/c1-3-42(25-36(46)39-15-19-50-21-17-44)34(30-52-28-32-11-7-5-8-12-32)23-41(27-38(48)49)24-35(31-53-29-33-13-9-6-10-14-33)43(4-2)26-37(47)40-16-20-51-22-18-45/h5-14,34-35,44-45H,3-4,15-31H2,1-2H3,(H,39,46)(H,40,47)(H,48,49). The van der Waals surface area contributed by atoms with Crippen LogP contribution in [0, 0.1) is 0 Å². The van der Waals surface area contributed by atoms with Crippen LogP contribution >= 0.6 is 0 Å². The fourth-order valence-electron chi connectivity index (χ4n) is 5.65. The van der Waals surface area contributed by atoms with Gasteiger partial charge in [-0.2, -0.15) is 0 Å². The molecule has 0 aliphatic heterocycles. The summed E-state index contributed by atoms with van der Waals surface area (Å²) in [5.41, 5.74) is 1.98. The van der Waals surface area contributed by atoms with Gasteiger partial charge in [0.25, 0.3) is 0 Å². The van der Waals surface area contributed by atoms with Crippen LogP contribution in [0.25, 0.3) is 0 Å². The van der Waals surface area contributed by atoms with Crippen molar-refractivity contribution in [3.8, 4) is 0 Å². The van der Waals surface area contributed by atoms with E-state index in [4.69, 9.17) is 29.2 Å². The topological polar surface area (TPSA) is 183 Å². The van der Waals surface area contributed by atoms with Crippen LogP contribution in [0.5, 0.6) is 0 Å². The van der Waals surface area contributed by atoms with Crippen LogP contribution in [-0.2, 0) is 46.5 Å². The van der Waals surface area contributed by atoms with Crippen molar-refractivity contribution in [1.29, 1.82) is 0 Å². The molecular weight excluding hydrogens is 686 g/mol. The third kappa shape index (κ3) is 21.1. The maximum Gasteiger partial charge on any atom is 0.317 e. The van der Waals surface area contributed by atoms with E-state index >= 15 is 0 Å². The van der Waals surface area contributed by atoms with Crippen molar-refractivity contribution in [1.82, 2.24) is 25.3 Å². The smallest absolute Gasteiger partial charge is 0.317 e. The van der Waals surface area contributed by atoms with E-state index in [-0.39, 0.29) is 123 Å². The fraction of sp³-hybridized carbons (Fsp3) is 0.605. The van der Waals surface area contributed by atoms with Crippen molar-refractivity contribution in [2.24, 2.45) is 0 Å². The zero-order valence-electron chi connectivity index (χ0n) is 31.4. The molecule has 0 heterocycles. The Kier molecular flexibility index (Phi) is 24.9. The number of aliphatic hydroxyl groups is 2. The highest BCUT2D eigenvalue weighted by atomic mass is 16.5. The molecule has 53 heavy (non-hydrogen) atoms. The number of rotatable bonds is 32. The molecule has 2 aromatic carbocycles. The van der Waals surface area contributed by atoms with Gasteiger partial charge in [0.2, 0.25) is 11.8 Å². The zero-order valence-corrected chi connectivity index (χ0v) is 31.4. The van der Waals surface area contributed by atoms with Gasteiger partial charge in [-0.25, -0.2) is 0 Å². The molecule has 0 spiro atoms. The third-order valence-corrected chi connectivity index (χ3v) is 8.29. The summed E-state index contributed by atoms with van der Waals surface area (Å²) in [6, 6.07) is 18.7. The van der Waals surface area contributed by atoms with Crippen LogP contribution in [0.15, 0.2) is 60.7 Å². The summed E-state index contributed by atoms with van der Waals surface area (Å²) in [6.45, 7) is 7.73. The normalized spacial score (nSPS) is 12.7. The number of hydrogen-bond acceptors (Lipinski definition) is 12. The van der Waals surface area contributed by atoms with Gasteiger partial charge >= 0.3 is 5.97 Å². The van der Waals surface area contributed by atoms with Crippen LogP contribution in [0.3, 0.4) is 0 Å². The van der Waals surface area contributed by atoms with Gasteiger partial charge in [0, 0.05) is 38.3 Å². The van der Waals surface area contributed by atoms with Crippen LogP contribution in [0.4, 0.5) is 0 Å². The monoisotopic (exact) mass is 747 g/mol. The van der Waals surface area contributed by atoms with E-state index in [1.165, 1.54) is 0 Å². The molecule has 0 aromatic heterocycles. The molecule has 0 radical (unpaired) electrons. The highest BCUT2D eigenvalue weighted by Crippen LogP contribution is 2.12. The molecule has 0 saturated heterocycles. The number of aliphatic hydroxyl groups excluding tert-OH is 2. The first-order valence-electron chi connectivity index (χ1n) is 18.4. The number of ether oxygens (including phenoxy) is 4. The average Bonchev–Trinajstić information content (AvgIpc) is 3.15. The van der Waals surface area contributed by atoms with Gasteiger partial charge in [-0.05, 0) is 24.2 Å². The largest absolute Gasteiger partial charge is 0.480 e. The van der Waals surface area contributed by atoms with E-state index in [1.807, 2.05) is 89.2 Å². The van der Waals surface area contributed by atoms with E-state index in [0.717, 1.165) is 11.1 Å². The van der Waals surface area contributed by atoms with Gasteiger partial charge in [0.1, 0.15) is 0 Å². The Morgan fingerprint density at radius 3 is 1.40 bits per heavy atom. The van der Waals surface area contributed by atoms with Gasteiger partial charge < -0.3 is 44.9 Å². The van der Waals surface area contributed by atoms with E-state index < -0.39 is 5.97 Å². The highest BCUT2D eigenvalue weighted by molar-refractivity contribution is 5.78. The van der Waals surface area contributed by atoms with E-state index in [9.17, 15) is 19.5 Å². The Hall–Kier alpha value is -3.51. The van der Waals surface area contributed by atoms with E-state index in [1.54, 1.807) is 0 Å². The number of likely N-dealkylation sites (N-methyl/N-ethyl adjacent to an activating group) is 2. The summed E-state index contributed by atoms with van der Waals surface area (Å²) in [6.07, 6.45) is 0. The zero-order chi connectivity index (χ0) is 38.5. The summed E-state index contributed by atoms with van der Waals surface area (Å²) >= 11 is 0. The lowest BCUT2D eigenvalue weighted by atomic mass is 10.1. The lowest BCUT2D eigenvalue weighted by Gasteiger charge is -2.38. The summed E-state index contributed by atoms with van der Waals surface area (Å²) in [7, 11) is 0. The molecule has 298 valence electrons. The van der Waals surface area contributed by atoms with Crippen molar-refractivity contribution < 1.29 is 48.7 Å². The minimum atomic E-state index is -1.01. The fourth-order valence-corrected chi connectivity index (χ4v) is 5.65. The number of hydrogen-bond donors (Lipinski definition) is 5. The number of carboxylic acid groups (broad SMARTS) is 1. The van der Waals surface area contributed by atoms with Gasteiger partial charge in [0.05, 0.1) is 85.7 Å². The number of carbonyl (C=O) groups excluding carboxylic acids is 2. The molecule has 2 atom stereocenters. The first-order chi connectivity index (χ1) is 25.8. The molecule has 0 saturated carbocycles. The van der Waals surface area contributed by atoms with Gasteiger partial charge in [-0.15, -0.1) is 0 Å². The Labute approximate surface area is 314 Å². The minimum Gasteiger partial charge on any atom is -0.480 e. The second kappa shape index (κ2) is 28.9. The summed E-state index contributed by atoms with van der Waals surface area (Å²) in [5.74, 6) is -1.44. The van der Waals surface area contributed by atoms with E-state index in [0.29, 0.717) is 26.3 Å². The summed E-state index contributed by atoms with van der Waals surface area (Å²) in [5, 5.41) is 33.6. The highest BCUT2D eigenvalue weighted by Gasteiger charge is 2.28. The van der Waals surface area contributed by atoms with Gasteiger partial charge in [0.15, 0.2) is 0 Å². The Bertz CT molecular complexity index is 1160. The first-order valence-corrected chi connectivity index (χ1v) is 18.4. The lowest BCUT2D eigenvalue weighted by molar-refractivity contribution is -0.139. The SMILES string of the molecule is CCN(CC(=O)NCCOCCO)C(COCc1ccccc1)CN(CC(=O)O)CC(COCc1ccccc1)N(CC)CC(=O)NCCOCCO. The first kappa shape index (κ1) is 45.6. The number of nitrogens with one attached hydrogen (secondary N) is 2. The second-order valence-corrected chi connectivity index (χ2v) is 12.4. The molecule has 2 unspecified atom stereocenters. The number of amides is 2. The maximum atomic E-state index is 13.0. The maximum absolute atomic E-state index is 13.0. The Balaban J connectivity index is 2.26. The number of carbonyl (C=O) groups is 3. The van der Waals surface area contributed by atoms with E-state index in [2.05, 4.69) is 10.6 Å². The van der Waals surface area contributed by atoms with Crippen LogP contribution in [0.2, 0.25) is 0 Å². The lowest BCUT2D eigenvalue weighted by Crippen LogP contribution is -2.55. The van der Waals surface area contributed by atoms with Crippen molar-refractivity contribution in [3.63, 3.8) is 0 Å². The van der Waals surface area contributed by atoms with Crippen LogP contribution < -0.4 is 10.6 Å². The quantitative estimate of drug-likeness (QED) is 0.0651. The summed E-state index contributed by atoms with van der Waals surface area (Å²) < 4.78 is 22.9. The molecule has 2 aromatic rings. The van der Waals surface area contributed by atoms with Crippen LogP contribution in [0.1, 0.15) is 25.0 Å². The molecule has 0 bridgehead atoms. The molecule has 5 N–H and O–H groups in total. The number of benzene rings is 2. The molecular formula is C38H61N5O10. The molecule has 0 fully saturated rings. The molecule has 15 nitrogen and oxygen atoms in total. The Morgan fingerprint density at radius 1 is 0.623 bits per heavy atom. The van der Waals surface area contributed by atoms with Crippen LogP contribution in [-0.4, -0.2) is 172 Å². The number of aliphatic carboxylic acids is 1. The summed E-state index contributed by atoms with van der Waals surface area (Å²) in [4.78, 5) is 44.0. The molecule has 2 rings (SSSR count). The van der Waals surface area contributed by atoms with Crippen molar-refractivity contribution in [3.05, 3.63) is 71.8 Å². The molecule has 0 aliphatic rings. The molecule has 15 heteroatoms. The molecule has 0 aliphatic carbocycles. The van der Waals surface area contributed by atoms with Gasteiger partial charge in [-0.1, -0.05) is 74.5 Å². The van der Waals surface area contributed by atoms with Crippen molar-refractivity contribution >= 4 is 17.8 Å². The second-order valence-electron chi connectivity index (χ2n) is 12.4. The molecule has 2 amide bonds. The van der Waals surface area contributed by atoms with Crippen molar-refractivity contribution in [2.45, 2.75) is 39.1 Å². The average molecular weight is 748 g/mol. The predicted octanol–water partition coefficient (Wildman–Crippen LogP) is 0.438. The minimum absolute atomic E-state index is 0.0592.